The smallest absolute Gasteiger partial charge is 0.217 e. The molecule has 1 fully saturated rings. The van der Waals surface area contributed by atoms with E-state index in [4.69, 9.17) is 32.7 Å². The van der Waals surface area contributed by atoms with Crippen LogP contribution in [0.4, 0.5) is 0 Å². The van der Waals surface area contributed by atoms with E-state index in [1.807, 2.05) is 0 Å². The molecule has 1 saturated heterocycles. The van der Waals surface area contributed by atoms with Crippen LogP contribution in [-0.2, 0) is 20.9 Å². The van der Waals surface area contributed by atoms with Gasteiger partial charge in [0.2, 0.25) is 5.91 Å². The van der Waals surface area contributed by atoms with Gasteiger partial charge in [-0.1, -0.05) is 29.3 Å². The second-order valence-corrected chi connectivity index (χ2v) is 6.32. The van der Waals surface area contributed by atoms with Crippen LogP contribution in [0.1, 0.15) is 12.5 Å². The number of rotatable bonds is 5. The normalized spacial score (nSPS) is 30.2. The Hall–Kier alpha value is -0.930. The summed E-state index contributed by atoms with van der Waals surface area (Å²) < 4.78 is 11.1. The molecule has 1 aromatic carbocycles. The third-order valence-electron chi connectivity index (χ3n) is 3.67. The summed E-state index contributed by atoms with van der Waals surface area (Å²) in [5.41, 5.74) is 0.632. The van der Waals surface area contributed by atoms with Gasteiger partial charge in [0, 0.05) is 17.0 Å². The Morgan fingerprint density at radius 2 is 2.04 bits per heavy atom. The predicted octanol–water partition coefficient (Wildman–Crippen LogP) is 0.454. The van der Waals surface area contributed by atoms with E-state index in [1.165, 1.54) is 6.92 Å². The van der Waals surface area contributed by atoms with Gasteiger partial charge < -0.3 is 30.1 Å². The molecule has 1 amide bonds. The molecule has 134 valence electrons. The molecule has 0 aliphatic carbocycles. The summed E-state index contributed by atoms with van der Waals surface area (Å²) >= 11 is 11.9. The summed E-state index contributed by atoms with van der Waals surface area (Å²) in [5, 5.41) is 32.7. The van der Waals surface area contributed by atoms with Crippen LogP contribution in [-0.4, -0.2) is 58.5 Å². The Labute approximate surface area is 149 Å². The molecule has 4 N–H and O–H groups in total. The first kappa shape index (κ1) is 19.4. The van der Waals surface area contributed by atoms with Crippen molar-refractivity contribution < 1.29 is 29.6 Å². The van der Waals surface area contributed by atoms with Crippen LogP contribution in [0.5, 0.6) is 0 Å². The first-order valence-corrected chi connectivity index (χ1v) is 8.04. The zero-order chi connectivity index (χ0) is 17.9. The summed E-state index contributed by atoms with van der Waals surface area (Å²) in [6.07, 6.45) is -4.82. The number of amides is 1. The molecule has 2 rings (SSSR count). The van der Waals surface area contributed by atoms with Crippen LogP contribution >= 0.6 is 23.2 Å². The summed E-state index contributed by atoms with van der Waals surface area (Å²) in [7, 11) is 0. The van der Waals surface area contributed by atoms with Gasteiger partial charge in [0.05, 0.1) is 13.2 Å². The SMILES string of the molecule is CC(=O)N[C@@H]1[C@@H](OCc2ccc(Cl)cc2Cl)O[C@@H](CO)[C@@H](O)[C@H]1O. The molecule has 9 heteroatoms. The van der Waals surface area contributed by atoms with Gasteiger partial charge in [-0.15, -0.1) is 0 Å². The van der Waals surface area contributed by atoms with Gasteiger partial charge in [-0.25, -0.2) is 0 Å². The lowest BCUT2D eigenvalue weighted by Crippen LogP contribution is -2.64. The number of hydrogen-bond donors (Lipinski definition) is 4. The number of carbonyl (C=O) groups excluding carboxylic acids is 1. The zero-order valence-corrected chi connectivity index (χ0v) is 14.4. The zero-order valence-electron chi connectivity index (χ0n) is 12.9. The van der Waals surface area contributed by atoms with E-state index in [-0.39, 0.29) is 6.61 Å². The highest BCUT2D eigenvalue weighted by Crippen LogP contribution is 2.26. The number of carbonyl (C=O) groups is 1. The molecule has 0 saturated carbocycles. The Bertz CT molecular complexity index is 587. The molecule has 0 spiro atoms. The maximum Gasteiger partial charge on any atom is 0.217 e. The number of halogens is 2. The third-order valence-corrected chi connectivity index (χ3v) is 4.26. The fourth-order valence-electron chi connectivity index (χ4n) is 2.42. The Morgan fingerprint density at radius 3 is 2.62 bits per heavy atom. The van der Waals surface area contributed by atoms with E-state index >= 15 is 0 Å². The molecule has 1 aliphatic rings. The minimum Gasteiger partial charge on any atom is -0.394 e. The average molecular weight is 380 g/mol. The van der Waals surface area contributed by atoms with Crippen LogP contribution in [0.15, 0.2) is 18.2 Å². The van der Waals surface area contributed by atoms with Gasteiger partial charge in [0.15, 0.2) is 6.29 Å². The van der Waals surface area contributed by atoms with Crippen molar-refractivity contribution in [1.29, 1.82) is 0 Å². The monoisotopic (exact) mass is 379 g/mol. The van der Waals surface area contributed by atoms with Crippen LogP contribution < -0.4 is 5.32 Å². The maximum atomic E-state index is 11.3. The van der Waals surface area contributed by atoms with Crippen LogP contribution in [0.25, 0.3) is 0 Å². The molecule has 5 atom stereocenters. The fraction of sp³-hybridized carbons (Fsp3) is 0.533. The van der Waals surface area contributed by atoms with Crippen molar-refractivity contribution in [2.75, 3.05) is 6.61 Å². The highest BCUT2D eigenvalue weighted by atomic mass is 35.5. The lowest BCUT2D eigenvalue weighted by molar-refractivity contribution is -0.273. The second kappa shape index (κ2) is 8.44. The molecule has 1 aliphatic heterocycles. The van der Waals surface area contributed by atoms with Gasteiger partial charge >= 0.3 is 0 Å². The molecular weight excluding hydrogens is 361 g/mol. The van der Waals surface area contributed by atoms with Crippen molar-refractivity contribution >= 4 is 29.1 Å². The van der Waals surface area contributed by atoms with E-state index < -0.39 is 43.2 Å². The molecule has 0 radical (unpaired) electrons. The Morgan fingerprint density at radius 1 is 1.33 bits per heavy atom. The first-order chi connectivity index (χ1) is 11.3. The Balaban J connectivity index is 2.12. The topological polar surface area (TPSA) is 108 Å². The molecule has 7 nitrogen and oxygen atoms in total. The van der Waals surface area contributed by atoms with Gasteiger partial charge in [0.1, 0.15) is 24.4 Å². The molecule has 0 bridgehead atoms. The molecular formula is C15H19Cl2NO6. The van der Waals surface area contributed by atoms with Gasteiger partial charge in [0.25, 0.3) is 0 Å². The number of hydrogen-bond acceptors (Lipinski definition) is 6. The minimum atomic E-state index is -1.36. The van der Waals surface area contributed by atoms with Gasteiger partial charge in [-0.3, -0.25) is 4.79 Å². The molecule has 0 aromatic heterocycles. The summed E-state index contributed by atoms with van der Waals surface area (Å²) in [6, 6.07) is 3.89. The largest absolute Gasteiger partial charge is 0.394 e. The number of aliphatic hydroxyl groups is 3. The average Bonchev–Trinajstić information content (AvgIpc) is 2.52. The van der Waals surface area contributed by atoms with Crippen LogP contribution in [0.3, 0.4) is 0 Å². The lowest BCUT2D eigenvalue weighted by atomic mass is 9.97. The quantitative estimate of drug-likeness (QED) is 0.591. The number of benzene rings is 1. The number of aliphatic hydroxyl groups excluding tert-OH is 3. The van der Waals surface area contributed by atoms with Gasteiger partial charge in [-0.2, -0.15) is 0 Å². The molecule has 0 unspecified atom stereocenters. The third kappa shape index (κ3) is 4.58. The van der Waals surface area contributed by atoms with Crippen molar-refractivity contribution in [3.63, 3.8) is 0 Å². The standard InChI is InChI=1S/C15H19Cl2NO6/c1-7(20)18-12-14(22)13(21)11(5-19)24-15(12)23-6-8-2-3-9(16)4-10(8)17/h2-4,11-15,19,21-22H,5-6H2,1H3,(H,18,20)/t11-,12-,13+,14-,15-/m0/s1. The molecule has 24 heavy (non-hydrogen) atoms. The predicted molar refractivity (Wildman–Crippen MR) is 86.6 cm³/mol. The highest BCUT2D eigenvalue weighted by molar-refractivity contribution is 6.35. The maximum absolute atomic E-state index is 11.3. The van der Waals surface area contributed by atoms with E-state index in [9.17, 15) is 20.1 Å². The fourth-order valence-corrected chi connectivity index (χ4v) is 2.89. The van der Waals surface area contributed by atoms with Crippen molar-refractivity contribution in [2.24, 2.45) is 0 Å². The van der Waals surface area contributed by atoms with E-state index in [0.717, 1.165) is 0 Å². The summed E-state index contributed by atoms with van der Waals surface area (Å²) in [6.45, 7) is 0.786. The van der Waals surface area contributed by atoms with E-state index in [1.54, 1.807) is 18.2 Å². The number of ether oxygens (including phenoxy) is 2. The molecule has 1 heterocycles. The first-order valence-electron chi connectivity index (χ1n) is 7.28. The number of nitrogens with one attached hydrogen (secondary N) is 1. The highest BCUT2D eigenvalue weighted by Gasteiger charge is 2.45. The van der Waals surface area contributed by atoms with Gasteiger partial charge in [-0.05, 0) is 17.7 Å². The van der Waals surface area contributed by atoms with Crippen LogP contribution in [0, 0.1) is 0 Å². The van der Waals surface area contributed by atoms with Crippen molar-refractivity contribution in [3.05, 3.63) is 33.8 Å². The van der Waals surface area contributed by atoms with Crippen molar-refractivity contribution in [2.45, 2.75) is 44.2 Å². The van der Waals surface area contributed by atoms with Crippen LogP contribution in [0.2, 0.25) is 10.0 Å². The minimum absolute atomic E-state index is 0.0255. The second-order valence-electron chi connectivity index (χ2n) is 5.48. The summed E-state index contributed by atoms with van der Waals surface area (Å²) in [4.78, 5) is 11.3. The molecule has 1 aromatic rings. The van der Waals surface area contributed by atoms with E-state index in [0.29, 0.717) is 15.6 Å². The summed E-state index contributed by atoms with van der Waals surface area (Å²) in [5.74, 6) is -0.421. The Kier molecular flexibility index (Phi) is 6.82. The van der Waals surface area contributed by atoms with Crippen molar-refractivity contribution in [3.8, 4) is 0 Å². The lowest BCUT2D eigenvalue weighted by Gasteiger charge is -2.42. The van der Waals surface area contributed by atoms with Crippen molar-refractivity contribution in [1.82, 2.24) is 5.32 Å². The van der Waals surface area contributed by atoms with E-state index in [2.05, 4.69) is 5.32 Å².